The van der Waals surface area contributed by atoms with E-state index in [0.717, 1.165) is 17.0 Å². The van der Waals surface area contributed by atoms with Crippen molar-refractivity contribution in [1.29, 1.82) is 5.26 Å². The van der Waals surface area contributed by atoms with E-state index in [9.17, 15) is 18.7 Å². The monoisotopic (exact) mass is 375 g/mol. The third kappa shape index (κ3) is 5.10. The minimum absolute atomic E-state index is 0.0693. The summed E-state index contributed by atoms with van der Waals surface area (Å²) in [5.41, 5.74) is -0.444. The maximum Gasteiger partial charge on any atom is 0.407 e. The predicted octanol–water partition coefficient (Wildman–Crippen LogP) is 3.56. The van der Waals surface area contributed by atoms with Crippen molar-refractivity contribution in [2.45, 2.75) is 32.4 Å². The molecule has 2 aromatic rings. The van der Waals surface area contributed by atoms with Crippen LogP contribution in [-0.4, -0.2) is 38.2 Å². The summed E-state index contributed by atoms with van der Waals surface area (Å²) in [6.07, 6.45) is 1.38. The molecule has 7 nitrogen and oxygen atoms in total. The summed E-state index contributed by atoms with van der Waals surface area (Å²) in [4.78, 5) is 20.7. The van der Waals surface area contributed by atoms with Crippen molar-refractivity contribution in [1.82, 2.24) is 14.9 Å². The van der Waals surface area contributed by atoms with Gasteiger partial charge in [-0.25, -0.2) is 23.5 Å². The fourth-order valence-electron chi connectivity index (χ4n) is 2.44. The van der Waals surface area contributed by atoms with E-state index in [1.54, 1.807) is 20.8 Å². The smallest absolute Gasteiger partial charge is 0.407 e. The molecule has 27 heavy (non-hydrogen) atoms. The highest BCUT2D eigenvalue weighted by atomic mass is 19.1. The van der Waals surface area contributed by atoms with Gasteiger partial charge in [0.1, 0.15) is 17.7 Å². The zero-order valence-corrected chi connectivity index (χ0v) is 15.1. The van der Waals surface area contributed by atoms with Gasteiger partial charge in [-0.15, -0.1) is 0 Å². The lowest BCUT2D eigenvalue weighted by atomic mass is 10.0. The van der Waals surface area contributed by atoms with Gasteiger partial charge in [-0.1, -0.05) is 6.07 Å². The van der Waals surface area contributed by atoms with Crippen molar-refractivity contribution in [2.75, 3.05) is 11.9 Å². The fourth-order valence-corrected chi connectivity index (χ4v) is 2.44. The summed E-state index contributed by atoms with van der Waals surface area (Å²) in [6.45, 7) is 4.98. The van der Waals surface area contributed by atoms with Crippen LogP contribution in [0.25, 0.3) is 0 Å². The molecule has 142 valence electrons. The van der Waals surface area contributed by atoms with Gasteiger partial charge in [-0.05, 0) is 26.8 Å². The molecule has 0 bridgehead atoms. The Bertz CT molecular complexity index is 860. The van der Waals surface area contributed by atoms with Crippen molar-refractivity contribution < 1.29 is 18.7 Å². The van der Waals surface area contributed by atoms with Crippen LogP contribution in [0.1, 0.15) is 37.9 Å². The lowest BCUT2D eigenvalue weighted by Gasteiger charge is -2.36. The summed E-state index contributed by atoms with van der Waals surface area (Å²) >= 11 is 0. The zero-order chi connectivity index (χ0) is 20.2. The number of rotatable bonds is 5. The molecule has 1 amide bonds. The van der Waals surface area contributed by atoms with Crippen molar-refractivity contribution in [3.05, 3.63) is 53.4 Å². The Balaban J connectivity index is 2.40. The van der Waals surface area contributed by atoms with E-state index in [2.05, 4.69) is 15.3 Å². The first-order valence-corrected chi connectivity index (χ1v) is 8.06. The third-order valence-corrected chi connectivity index (χ3v) is 3.83. The standard InChI is InChI=1S/C18H19F2N5O2/c1-18(2,3)25(17(26)27)10-15(13-5-4-12(19)6-14(13)20)24-16-22-8-11(7-21)9-23-16/h4-6,8-9,15H,10H2,1-3H3,(H,26,27)(H,22,23,24). The molecule has 0 aliphatic heterocycles. The normalized spacial score (nSPS) is 12.1. The van der Waals surface area contributed by atoms with Gasteiger partial charge in [-0.3, -0.25) is 0 Å². The molecule has 1 unspecified atom stereocenters. The van der Waals surface area contributed by atoms with Crippen LogP contribution < -0.4 is 5.32 Å². The van der Waals surface area contributed by atoms with Gasteiger partial charge >= 0.3 is 6.09 Å². The lowest BCUT2D eigenvalue weighted by molar-refractivity contribution is 0.0971. The van der Waals surface area contributed by atoms with Gasteiger partial charge in [0.05, 0.1) is 24.0 Å². The van der Waals surface area contributed by atoms with Gasteiger partial charge in [0.25, 0.3) is 0 Å². The van der Waals surface area contributed by atoms with Crippen LogP contribution in [-0.2, 0) is 0 Å². The summed E-state index contributed by atoms with van der Waals surface area (Å²) in [7, 11) is 0. The maximum absolute atomic E-state index is 14.3. The van der Waals surface area contributed by atoms with E-state index in [1.807, 2.05) is 6.07 Å². The maximum atomic E-state index is 14.3. The summed E-state index contributed by atoms with van der Waals surface area (Å²) < 4.78 is 27.6. The second-order valence-corrected chi connectivity index (χ2v) is 6.83. The molecule has 0 radical (unpaired) electrons. The molecule has 0 fully saturated rings. The van der Waals surface area contributed by atoms with Crippen molar-refractivity contribution in [3.63, 3.8) is 0 Å². The summed E-state index contributed by atoms with van der Waals surface area (Å²) in [5.74, 6) is -1.47. The van der Waals surface area contributed by atoms with E-state index in [0.29, 0.717) is 0 Å². The number of aromatic nitrogens is 2. The molecular formula is C18H19F2N5O2. The predicted molar refractivity (Wildman–Crippen MR) is 94.0 cm³/mol. The Morgan fingerprint density at radius 1 is 1.33 bits per heavy atom. The minimum Gasteiger partial charge on any atom is -0.465 e. The molecule has 0 aliphatic carbocycles. The first kappa shape index (κ1) is 20.0. The van der Waals surface area contributed by atoms with Crippen LogP contribution in [0.4, 0.5) is 19.5 Å². The molecule has 1 heterocycles. The van der Waals surface area contributed by atoms with Gasteiger partial charge in [0.15, 0.2) is 0 Å². The SMILES string of the molecule is CC(C)(C)N(CC(Nc1ncc(C#N)cn1)c1ccc(F)cc1F)C(=O)O. The van der Waals surface area contributed by atoms with E-state index in [4.69, 9.17) is 5.26 Å². The molecule has 1 atom stereocenters. The van der Waals surface area contributed by atoms with Crippen molar-refractivity contribution in [2.24, 2.45) is 0 Å². The van der Waals surface area contributed by atoms with Crippen LogP contribution >= 0.6 is 0 Å². The number of amides is 1. The Hall–Kier alpha value is -3.28. The molecule has 0 aliphatic rings. The van der Waals surface area contributed by atoms with Crippen LogP contribution in [0.2, 0.25) is 0 Å². The summed E-state index contributed by atoms with van der Waals surface area (Å²) in [6, 6.07) is 4.07. The topological polar surface area (TPSA) is 102 Å². The first-order chi connectivity index (χ1) is 12.6. The number of anilines is 1. The quantitative estimate of drug-likeness (QED) is 0.828. The number of hydrogen-bond acceptors (Lipinski definition) is 5. The Kier molecular flexibility index (Phi) is 5.90. The van der Waals surface area contributed by atoms with E-state index in [-0.39, 0.29) is 23.6 Å². The number of carbonyl (C=O) groups is 1. The van der Waals surface area contributed by atoms with Gasteiger partial charge in [-0.2, -0.15) is 5.26 Å². The van der Waals surface area contributed by atoms with Gasteiger partial charge in [0.2, 0.25) is 5.95 Å². The molecule has 2 N–H and O–H groups in total. The second kappa shape index (κ2) is 7.95. The molecule has 1 aromatic heterocycles. The van der Waals surface area contributed by atoms with E-state index >= 15 is 0 Å². The number of nitrogens with one attached hydrogen (secondary N) is 1. The Morgan fingerprint density at radius 2 is 1.96 bits per heavy atom. The number of benzene rings is 1. The number of halogens is 2. The summed E-state index contributed by atoms with van der Waals surface area (Å²) in [5, 5.41) is 21.2. The highest BCUT2D eigenvalue weighted by Crippen LogP contribution is 2.25. The van der Waals surface area contributed by atoms with Crippen LogP contribution in [0.3, 0.4) is 0 Å². The highest BCUT2D eigenvalue weighted by Gasteiger charge is 2.30. The minimum atomic E-state index is -1.18. The van der Waals surface area contributed by atoms with Crippen LogP contribution in [0.5, 0.6) is 0 Å². The second-order valence-electron chi connectivity index (χ2n) is 6.83. The third-order valence-electron chi connectivity index (χ3n) is 3.83. The molecular weight excluding hydrogens is 356 g/mol. The molecule has 9 heteroatoms. The number of nitrogens with zero attached hydrogens (tertiary/aromatic N) is 4. The van der Waals surface area contributed by atoms with E-state index in [1.165, 1.54) is 18.5 Å². The van der Waals surface area contributed by atoms with Gasteiger partial charge in [0, 0.05) is 23.7 Å². The molecule has 1 aromatic carbocycles. The van der Waals surface area contributed by atoms with E-state index < -0.39 is 29.3 Å². The molecule has 0 saturated carbocycles. The number of hydrogen-bond donors (Lipinski definition) is 2. The molecule has 2 rings (SSSR count). The molecule has 0 saturated heterocycles. The largest absolute Gasteiger partial charge is 0.465 e. The Morgan fingerprint density at radius 3 is 2.44 bits per heavy atom. The van der Waals surface area contributed by atoms with Crippen molar-refractivity contribution in [3.8, 4) is 6.07 Å². The van der Waals surface area contributed by atoms with Crippen molar-refractivity contribution >= 4 is 12.0 Å². The number of nitriles is 1. The Labute approximate surface area is 155 Å². The van der Waals surface area contributed by atoms with Crippen LogP contribution in [0.15, 0.2) is 30.6 Å². The zero-order valence-electron chi connectivity index (χ0n) is 15.1. The van der Waals surface area contributed by atoms with Gasteiger partial charge < -0.3 is 15.3 Å². The first-order valence-electron chi connectivity index (χ1n) is 8.06. The lowest BCUT2D eigenvalue weighted by Crippen LogP contribution is -2.48. The molecule has 0 spiro atoms. The average molecular weight is 375 g/mol. The van der Waals surface area contributed by atoms with Crippen LogP contribution in [0, 0.1) is 23.0 Å². The average Bonchev–Trinajstić information content (AvgIpc) is 2.58. The fraction of sp³-hybridized carbons (Fsp3) is 0.333. The highest BCUT2D eigenvalue weighted by molar-refractivity contribution is 5.66. The number of carboxylic acid groups (broad SMARTS) is 1.